The minimum absolute atomic E-state index is 0.312. The van der Waals surface area contributed by atoms with E-state index in [9.17, 15) is 0 Å². The monoisotopic (exact) mass is 330 g/mol. The topological polar surface area (TPSA) is 24.9 Å². The maximum absolute atomic E-state index is 6.25. The molecule has 1 saturated carbocycles. The molecule has 0 aromatic heterocycles. The number of hydrogen-bond acceptors (Lipinski definition) is 4. The molecule has 24 heavy (non-hydrogen) atoms. The fourth-order valence-electron chi connectivity index (χ4n) is 5.00. The molecule has 2 atom stereocenters. The average molecular weight is 330 g/mol. The van der Waals surface area contributed by atoms with Crippen molar-refractivity contribution >= 4 is 0 Å². The molecule has 4 rings (SSSR count). The summed E-state index contributed by atoms with van der Waals surface area (Å²) in [7, 11) is 2.25. The minimum atomic E-state index is -0.394. The molecule has 0 bridgehead atoms. The Hall–Kier alpha value is -0.940. The van der Waals surface area contributed by atoms with Crippen LogP contribution in [0, 0.1) is 0 Å². The van der Waals surface area contributed by atoms with Crippen LogP contribution in [-0.4, -0.2) is 61.0 Å². The first kappa shape index (κ1) is 16.5. The first-order chi connectivity index (χ1) is 11.8. The fourth-order valence-corrected chi connectivity index (χ4v) is 5.00. The van der Waals surface area contributed by atoms with Gasteiger partial charge in [-0.3, -0.25) is 9.80 Å². The van der Waals surface area contributed by atoms with Gasteiger partial charge in [-0.1, -0.05) is 30.3 Å². The third-order valence-electron chi connectivity index (χ3n) is 5.98. The van der Waals surface area contributed by atoms with Crippen molar-refractivity contribution < 1.29 is 9.47 Å². The summed E-state index contributed by atoms with van der Waals surface area (Å²) in [5, 5.41) is 0. The fraction of sp³-hybridized carbons (Fsp3) is 0.700. The van der Waals surface area contributed by atoms with Crippen molar-refractivity contribution in [2.24, 2.45) is 0 Å². The summed E-state index contributed by atoms with van der Waals surface area (Å²) in [6, 6.07) is 11.6. The van der Waals surface area contributed by atoms with Gasteiger partial charge in [0.15, 0.2) is 5.79 Å². The highest BCUT2D eigenvalue weighted by Gasteiger charge is 2.53. The van der Waals surface area contributed by atoms with Gasteiger partial charge in [-0.05, 0) is 51.4 Å². The molecule has 2 aliphatic heterocycles. The van der Waals surface area contributed by atoms with Crippen molar-refractivity contribution in [3.63, 3.8) is 0 Å². The van der Waals surface area contributed by atoms with Gasteiger partial charge in [0, 0.05) is 19.0 Å². The zero-order chi connectivity index (χ0) is 16.4. The molecular weight excluding hydrogens is 300 g/mol. The summed E-state index contributed by atoms with van der Waals surface area (Å²) in [4.78, 5) is 5.18. The van der Waals surface area contributed by atoms with Gasteiger partial charge in [0.2, 0.25) is 0 Å². The molecule has 4 heteroatoms. The molecule has 2 heterocycles. The van der Waals surface area contributed by atoms with Crippen molar-refractivity contribution in [1.29, 1.82) is 0 Å². The highest BCUT2D eigenvalue weighted by Crippen LogP contribution is 2.41. The van der Waals surface area contributed by atoms with Gasteiger partial charge < -0.3 is 9.47 Å². The van der Waals surface area contributed by atoms with E-state index in [0.717, 1.165) is 26.2 Å². The second-order valence-corrected chi connectivity index (χ2v) is 7.56. The van der Waals surface area contributed by atoms with Gasteiger partial charge in [-0.2, -0.15) is 0 Å². The van der Waals surface area contributed by atoms with Crippen molar-refractivity contribution in [3.05, 3.63) is 35.9 Å². The molecule has 0 amide bonds. The third kappa shape index (κ3) is 3.13. The molecular formula is C20H30N2O2. The number of ether oxygens (including phenoxy) is 2. The second kappa shape index (κ2) is 7.12. The Balaban J connectivity index is 1.59. The van der Waals surface area contributed by atoms with Gasteiger partial charge in [0.1, 0.15) is 0 Å². The highest BCUT2D eigenvalue weighted by atomic mass is 16.7. The van der Waals surface area contributed by atoms with Crippen molar-refractivity contribution in [3.8, 4) is 0 Å². The standard InChI is InChI=1S/C20H30N2O2/c1-21(16-17-8-3-2-4-9-17)19-18(22-12-5-6-13-22)10-7-11-20(19)23-14-15-24-20/h2-4,8-9,18-19H,5-7,10-16H2,1H3. The first-order valence-electron chi connectivity index (χ1n) is 9.55. The first-order valence-corrected chi connectivity index (χ1v) is 9.55. The normalized spacial score (nSPS) is 30.4. The molecule has 132 valence electrons. The van der Waals surface area contributed by atoms with E-state index in [4.69, 9.17) is 9.47 Å². The second-order valence-electron chi connectivity index (χ2n) is 7.56. The summed E-state index contributed by atoms with van der Waals surface area (Å²) in [5.41, 5.74) is 1.36. The Labute approximate surface area is 145 Å². The largest absolute Gasteiger partial charge is 0.346 e. The molecule has 1 aromatic rings. The third-order valence-corrected chi connectivity index (χ3v) is 5.98. The summed E-state index contributed by atoms with van der Waals surface area (Å²) in [5.74, 6) is -0.394. The molecule has 4 nitrogen and oxygen atoms in total. The number of nitrogens with zero attached hydrogens (tertiary/aromatic N) is 2. The molecule has 1 aromatic carbocycles. The molecule has 1 spiro atoms. The summed E-state index contributed by atoms with van der Waals surface area (Å²) in [6.07, 6.45) is 6.16. The lowest BCUT2D eigenvalue weighted by atomic mass is 9.82. The van der Waals surface area contributed by atoms with Crippen LogP contribution in [-0.2, 0) is 16.0 Å². The minimum Gasteiger partial charge on any atom is -0.346 e. The molecule has 0 N–H and O–H groups in total. The number of likely N-dealkylation sites (tertiary alicyclic amines) is 1. The van der Waals surface area contributed by atoms with Gasteiger partial charge in [-0.15, -0.1) is 0 Å². The van der Waals surface area contributed by atoms with Gasteiger partial charge >= 0.3 is 0 Å². The summed E-state index contributed by atoms with van der Waals surface area (Å²) in [6.45, 7) is 4.89. The van der Waals surface area contributed by atoms with Crippen LogP contribution in [0.2, 0.25) is 0 Å². The van der Waals surface area contributed by atoms with E-state index >= 15 is 0 Å². The lowest BCUT2D eigenvalue weighted by Gasteiger charge is -2.50. The smallest absolute Gasteiger partial charge is 0.185 e. The van der Waals surface area contributed by atoms with Gasteiger partial charge in [0.25, 0.3) is 0 Å². The van der Waals surface area contributed by atoms with Crippen molar-refractivity contribution in [1.82, 2.24) is 9.80 Å². The molecule has 3 fully saturated rings. The number of hydrogen-bond donors (Lipinski definition) is 0. The van der Waals surface area contributed by atoms with Crippen LogP contribution in [0.3, 0.4) is 0 Å². The van der Waals surface area contributed by atoms with E-state index in [1.165, 1.54) is 44.3 Å². The average Bonchev–Trinajstić information content (AvgIpc) is 3.28. The quantitative estimate of drug-likeness (QED) is 0.847. The van der Waals surface area contributed by atoms with Crippen LogP contribution >= 0.6 is 0 Å². The van der Waals surface area contributed by atoms with E-state index in [2.05, 4.69) is 47.2 Å². The Bertz CT molecular complexity index is 524. The van der Waals surface area contributed by atoms with Crippen LogP contribution in [0.1, 0.15) is 37.7 Å². The predicted molar refractivity (Wildman–Crippen MR) is 94.8 cm³/mol. The molecule has 2 saturated heterocycles. The number of likely N-dealkylation sites (N-methyl/N-ethyl adjacent to an activating group) is 1. The van der Waals surface area contributed by atoms with E-state index < -0.39 is 5.79 Å². The van der Waals surface area contributed by atoms with Gasteiger partial charge in [0.05, 0.1) is 19.3 Å². The lowest BCUT2D eigenvalue weighted by molar-refractivity contribution is -0.231. The van der Waals surface area contributed by atoms with Crippen LogP contribution < -0.4 is 0 Å². The number of rotatable bonds is 4. The SMILES string of the molecule is CN(Cc1ccccc1)C1C(N2CCCC2)CCCC12OCCO2. The van der Waals surface area contributed by atoms with E-state index in [1.807, 2.05) is 0 Å². The summed E-state index contributed by atoms with van der Waals surface area (Å²) >= 11 is 0. The zero-order valence-corrected chi connectivity index (χ0v) is 14.8. The zero-order valence-electron chi connectivity index (χ0n) is 14.8. The van der Waals surface area contributed by atoms with Gasteiger partial charge in [-0.25, -0.2) is 0 Å². The molecule has 0 radical (unpaired) electrons. The van der Waals surface area contributed by atoms with E-state index in [0.29, 0.717) is 12.1 Å². The molecule has 2 unspecified atom stereocenters. The van der Waals surface area contributed by atoms with Crippen LogP contribution in [0.4, 0.5) is 0 Å². The molecule has 1 aliphatic carbocycles. The van der Waals surface area contributed by atoms with Crippen LogP contribution in [0.5, 0.6) is 0 Å². The van der Waals surface area contributed by atoms with Crippen LogP contribution in [0.25, 0.3) is 0 Å². The maximum Gasteiger partial charge on any atom is 0.185 e. The maximum atomic E-state index is 6.25. The van der Waals surface area contributed by atoms with Crippen LogP contribution in [0.15, 0.2) is 30.3 Å². The Morgan fingerprint density at radius 2 is 1.79 bits per heavy atom. The van der Waals surface area contributed by atoms with E-state index in [-0.39, 0.29) is 0 Å². The Morgan fingerprint density at radius 3 is 2.50 bits per heavy atom. The number of benzene rings is 1. The Kier molecular flexibility index (Phi) is 4.90. The predicted octanol–water partition coefficient (Wildman–Crippen LogP) is 2.88. The lowest BCUT2D eigenvalue weighted by Crippen LogP contribution is -2.64. The Morgan fingerprint density at radius 1 is 1.08 bits per heavy atom. The van der Waals surface area contributed by atoms with Crippen molar-refractivity contribution in [2.45, 2.75) is 56.5 Å². The van der Waals surface area contributed by atoms with E-state index in [1.54, 1.807) is 0 Å². The molecule has 3 aliphatic rings. The summed E-state index contributed by atoms with van der Waals surface area (Å²) < 4.78 is 12.5. The highest BCUT2D eigenvalue weighted by molar-refractivity contribution is 5.15. The van der Waals surface area contributed by atoms with Crippen molar-refractivity contribution in [2.75, 3.05) is 33.4 Å².